The Bertz CT molecular complexity index is 340. The number of aliphatic hydroxyl groups is 1. The normalized spacial score (nSPS) is 20.6. The highest BCUT2D eigenvalue weighted by atomic mass is 16.3. The molecule has 2 rings (SSSR count). The first-order valence-corrected chi connectivity index (χ1v) is 5.35. The molecule has 0 bridgehead atoms. The van der Waals surface area contributed by atoms with Crippen LogP contribution in [0.3, 0.4) is 0 Å². The Labute approximate surface area is 89.9 Å². The van der Waals surface area contributed by atoms with Crippen LogP contribution in [-0.4, -0.2) is 33.7 Å². The first-order valence-electron chi connectivity index (χ1n) is 5.35. The van der Waals surface area contributed by atoms with Crippen molar-refractivity contribution in [1.29, 1.82) is 0 Å². The van der Waals surface area contributed by atoms with E-state index in [-0.39, 0.29) is 0 Å². The molecule has 1 N–H and O–H groups in total. The van der Waals surface area contributed by atoms with E-state index in [1.807, 2.05) is 6.92 Å². The van der Waals surface area contributed by atoms with Gasteiger partial charge in [0, 0.05) is 19.6 Å². The Morgan fingerprint density at radius 1 is 1.60 bits per heavy atom. The zero-order valence-electron chi connectivity index (χ0n) is 9.53. The molecule has 0 aliphatic carbocycles. The lowest BCUT2D eigenvalue weighted by molar-refractivity contribution is -0.131. The molecule has 2 heterocycles. The molecule has 0 saturated carbocycles. The summed E-state index contributed by atoms with van der Waals surface area (Å²) in [6, 6.07) is 0. The molecule has 4 heteroatoms. The second kappa shape index (κ2) is 3.61. The maximum atomic E-state index is 10.1. The Kier molecular flexibility index (Phi) is 2.56. The van der Waals surface area contributed by atoms with Gasteiger partial charge in [0.15, 0.2) is 6.39 Å². The van der Waals surface area contributed by atoms with Crippen LogP contribution in [0, 0.1) is 12.8 Å². The predicted octanol–water partition coefficient (Wildman–Crippen LogP) is 1.19. The molecule has 0 spiro atoms. The summed E-state index contributed by atoms with van der Waals surface area (Å²) in [6.07, 6.45) is 1.47. The molecule has 1 fully saturated rings. The Hall–Kier alpha value is -0.870. The smallest absolute Gasteiger partial charge is 0.181 e. The summed E-state index contributed by atoms with van der Waals surface area (Å²) in [6.45, 7) is 8.26. The van der Waals surface area contributed by atoms with E-state index >= 15 is 0 Å². The molecular formula is C11H18N2O2. The van der Waals surface area contributed by atoms with Gasteiger partial charge < -0.3 is 9.52 Å². The van der Waals surface area contributed by atoms with Gasteiger partial charge in [0.25, 0.3) is 0 Å². The van der Waals surface area contributed by atoms with E-state index < -0.39 is 5.60 Å². The number of rotatable bonds is 3. The fourth-order valence-corrected chi connectivity index (χ4v) is 1.90. The monoisotopic (exact) mass is 210 g/mol. The SMILES string of the molecule is Cc1ocnc1CN1CC(O)(C(C)C)C1. The molecule has 1 saturated heterocycles. The molecular weight excluding hydrogens is 192 g/mol. The van der Waals surface area contributed by atoms with E-state index in [0.717, 1.165) is 31.1 Å². The van der Waals surface area contributed by atoms with Gasteiger partial charge in [0.2, 0.25) is 0 Å². The number of hydrogen-bond donors (Lipinski definition) is 1. The minimum Gasteiger partial charge on any atom is -0.448 e. The molecule has 4 nitrogen and oxygen atoms in total. The van der Waals surface area contributed by atoms with Crippen molar-refractivity contribution in [3.8, 4) is 0 Å². The summed E-state index contributed by atoms with van der Waals surface area (Å²) >= 11 is 0. The van der Waals surface area contributed by atoms with Crippen molar-refractivity contribution in [2.45, 2.75) is 32.9 Å². The second-order valence-electron chi connectivity index (χ2n) is 4.76. The first kappa shape index (κ1) is 10.6. The first-order chi connectivity index (χ1) is 7.01. The fourth-order valence-electron chi connectivity index (χ4n) is 1.90. The van der Waals surface area contributed by atoms with Crippen LogP contribution >= 0.6 is 0 Å². The molecule has 1 aromatic heterocycles. The number of aryl methyl sites for hydroxylation is 1. The van der Waals surface area contributed by atoms with E-state index in [4.69, 9.17) is 4.42 Å². The van der Waals surface area contributed by atoms with Crippen LogP contribution < -0.4 is 0 Å². The summed E-state index contributed by atoms with van der Waals surface area (Å²) < 4.78 is 5.13. The number of aromatic nitrogens is 1. The van der Waals surface area contributed by atoms with Crippen molar-refractivity contribution >= 4 is 0 Å². The van der Waals surface area contributed by atoms with Crippen LogP contribution in [0.15, 0.2) is 10.8 Å². The van der Waals surface area contributed by atoms with Gasteiger partial charge in [-0.05, 0) is 12.8 Å². The third-order valence-electron chi connectivity index (χ3n) is 3.29. The molecule has 1 aliphatic heterocycles. The van der Waals surface area contributed by atoms with Crippen molar-refractivity contribution in [3.63, 3.8) is 0 Å². The fraction of sp³-hybridized carbons (Fsp3) is 0.727. The minimum absolute atomic E-state index is 0.312. The highest BCUT2D eigenvalue weighted by molar-refractivity contribution is 5.07. The predicted molar refractivity (Wildman–Crippen MR) is 56.3 cm³/mol. The summed E-state index contributed by atoms with van der Waals surface area (Å²) in [5, 5.41) is 10.1. The van der Waals surface area contributed by atoms with Crippen LogP contribution in [0.1, 0.15) is 25.3 Å². The van der Waals surface area contributed by atoms with Crippen molar-refractivity contribution in [2.24, 2.45) is 5.92 Å². The minimum atomic E-state index is -0.502. The van der Waals surface area contributed by atoms with Crippen LogP contribution in [0.25, 0.3) is 0 Å². The lowest BCUT2D eigenvalue weighted by Crippen LogP contribution is -2.63. The molecule has 0 amide bonds. The van der Waals surface area contributed by atoms with Gasteiger partial charge in [-0.2, -0.15) is 0 Å². The molecule has 1 aromatic rings. The van der Waals surface area contributed by atoms with Gasteiger partial charge in [-0.3, -0.25) is 4.90 Å². The average Bonchev–Trinajstić information content (AvgIpc) is 2.48. The van der Waals surface area contributed by atoms with E-state index in [2.05, 4.69) is 23.7 Å². The van der Waals surface area contributed by atoms with Gasteiger partial charge in [-0.15, -0.1) is 0 Å². The lowest BCUT2D eigenvalue weighted by Gasteiger charge is -2.49. The zero-order valence-corrected chi connectivity index (χ0v) is 9.53. The summed E-state index contributed by atoms with van der Waals surface area (Å²) in [5.74, 6) is 1.18. The largest absolute Gasteiger partial charge is 0.448 e. The number of oxazole rings is 1. The molecule has 0 aromatic carbocycles. The van der Waals surface area contributed by atoms with E-state index in [1.165, 1.54) is 6.39 Å². The van der Waals surface area contributed by atoms with Crippen molar-refractivity contribution in [3.05, 3.63) is 17.8 Å². The van der Waals surface area contributed by atoms with Gasteiger partial charge in [-0.1, -0.05) is 13.8 Å². The number of nitrogens with zero attached hydrogens (tertiary/aromatic N) is 2. The van der Waals surface area contributed by atoms with Crippen molar-refractivity contribution in [1.82, 2.24) is 9.88 Å². The highest BCUT2D eigenvalue weighted by Gasteiger charge is 2.43. The molecule has 0 unspecified atom stereocenters. The van der Waals surface area contributed by atoms with Crippen LogP contribution in [0.4, 0.5) is 0 Å². The number of β-amino-alcohol motifs (C(OH)–C–C–N with tert-alkyl or cyclic N) is 1. The third-order valence-corrected chi connectivity index (χ3v) is 3.29. The summed E-state index contributed by atoms with van der Waals surface area (Å²) in [4.78, 5) is 6.33. The average molecular weight is 210 g/mol. The second-order valence-corrected chi connectivity index (χ2v) is 4.76. The molecule has 15 heavy (non-hydrogen) atoms. The zero-order chi connectivity index (χ0) is 11.1. The Morgan fingerprint density at radius 3 is 2.73 bits per heavy atom. The molecule has 84 valence electrons. The van der Waals surface area contributed by atoms with Gasteiger partial charge in [0.1, 0.15) is 5.76 Å². The van der Waals surface area contributed by atoms with Gasteiger partial charge >= 0.3 is 0 Å². The van der Waals surface area contributed by atoms with E-state index in [9.17, 15) is 5.11 Å². The Morgan fingerprint density at radius 2 is 2.27 bits per heavy atom. The molecule has 0 radical (unpaired) electrons. The molecule has 1 aliphatic rings. The summed E-state index contributed by atoms with van der Waals surface area (Å²) in [7, 11) is 0. The lowest BCUT2D eigenvalue weighted by atomic mass is 9.83. The van der Waals surface area contributed by atoms with Crippen LogP contribution in [-0.2, 0) is 6.54 Å². The number of hydrogen-bond acceptors (Lipinski definition) is 4. The topological polar surface area (TPSA) is 49.5 Å². The van der Waals surface area contributed by atoms with Crippen molar-refractivity contribution < 1.29 is 9.52 Å². The van der Waals surface area contributed by atoms with E-state index in [0.29, 0.717) is 5.92 Å². The highest BCUT2D eigenvalue weighted by Crippen LogP contribution is 2.29. The van der Waals surface area contributed by atoms with Gasteiger partial charge in [0.05, 0.1) is 11.3 Å². The standard InChI is InChI=1S/C11H18N2O2/c1-8(2)11(14)5-13(6-11)4-10-9(3)15-7-12-10/h7-8,14H,4-6H2,1-3H3. The Balaban J connectivity index is 1.89. The van der Waals surface area contributed by atoms with Crippen molar-refractivity contribution in [2.75, 3.05) is 13.1 Å². The quantitative estimate of drug-likeness (QED) is 0.814. The maximum absolute atomic E-state index is 10.1. The van der Waals surface area contributed by atoms with Crippen LogP contribution in [0.2, 0.25) is 0 Å². The third kappa shape index (κ3) is 1.92. The molecule has 0 atom stereocenters. The maximum Gasteiger partial charge on any atom is 0.181 e. The van der Waals surface area contributed by atoms with E-state index in [1.54, 1.807) is 0 Å². The van der Waals surface area contributed by atoms with Crippen LogP contribution in [0.5, 0.6) is 0 Å². The number of likely N-dealkylation sites (tertiary alicyclic amines) is 1. The summed E-state index contributed by atoms with van der Waals surface area (Å²) in [5.41, 5.74) is 0.471. The van der Waals surface area contributed by atoms with Gasteiger partial charge in [-0.25, -0.2) is 4.98 Å².